The number of cyclic esters (lactones) is 2. The van der Waals surface area contributed by atoms with Crippen LogP contribution in [-0.4, -0.2) is 35.7 Å². The van der Waals surface area contributed by atoms with E-state index >= 15 is 0 Å². The maximum Gasteiger partial charge on any atom is 0.328 e. The van der Waals surface area contributed by atoms with Gasteiger partial charge in [-0.25, -0.2) is 0 Å². The number of methoxy groups -OCH3 is 1. The molecule has 1 saturated carbocycles. The Morgan fingerprint density at radius 1 is 1.03 bits per heavy atom. The zero-order valence-electron chi connectivity index (χ0n) is 16.8. The van der Waals surface area contributed by atoms with Crippen LogP contribution in [0.4, 0.5) is 0 Å². The fourth-order valence-electron chi connectivity index (χ4n) is 4.51. The summed E-state index contributed by atoms with van der Waals surface area (Å²) in [4.78, 5) is 39.6. The third-order valence-electron chi connectivity index (χ3n) is 5.81. The van der Waals surface area contributed by atoms with Gasteiger partial charge < -0.3 is 23.7 Å². The zero-order valence-corrected chi connectivity index (χ0v) is 16.8. The third kappa shape index (κ3) is 2.94. The third-order valence-corrected chi connectivity index (χ3v) is 5.81. The molecule has 0 amide bonds. The molecule has 8 nitrogen and oxygen atoms in total. The van der Waals surface area contributed by atoms with Gasteiger partial charge in [0.1, 0.15) is 11.5 Å². The van der Waals surface area contributed by atoms with Crippen molar-refractivity contribution in [2.24, 2.45) is 5.41 Å². The molecule has 4 rings (SSSR count). The number of hydrogen-bond donors (Lipinski definition) is 1. The Morgan fingerprint density at radius 3 is 2.27 bits per heavy atom. The standard InChI is InChI=1S/C22H22O8/c1-21(2)29-19(25)22(20(26)30-21)14(12-6-7-18(27-3)16(24)9-12)10-13(23)11-15(22)17-5-4-8-28-17/h4-9,14-15,24H,10-11H2,1-3H3/t14-,15+/m0/s1. The van der Waals surface area contributed by atoms with Crippen molar-refractivity contribution in [2.75, 3.05) is 7.11 Å². The van der Waals surface area contributed by atoms with Crippen LogP contribution >= 0.6 is 0 Å². The molecule has 1 saturated heterocycles. The zero-order chi connectivity index (χ0) is 21.7. The van der Waals surface area contributed by atoms with Crippen LogP contribution in [0, 0.1) is 5.41 Å². The van der Waals surface area contributed by atoms with E-state index < -0.39 is 35.0 Å². The van der Waals surface area contributed by atoms with Gasteiger partial charge in [0.2, 0.25) is 0 Å². The van der Waals surface area contributed by atoms with Gasteiger partial charge in [0, 0.05) is 32.6 Å². The van der Waals surface area contributed by atoms with E-state index in [1.54, 1.807) is 18.2 Å². The molecule has 158 valence electrons. The van der Waals surface area contributed by atoms with E-state index in [9.17, 15) is 19.5 Å². The van der Waals surface area contributed by atoms with E-state index in [0.717, 1.165) is 0 Å². The van der Waals surface area contributed by atoms with Crippen LogP contribution in [0.5, 0.6) is 11.5 Å². The number of aromatic hydroxyl groups is 1. The van der Waals surface area contributed by atoms with Crippen molar-refractivity contribution in [3.05, 3.63) is 47.9 Å². The second-order valence-electron chi connectivity index (χ2n) is 8.05. The molecular formula is C22H22O8. The Balaban J connectivity index is 1.93. The number of phenolic OH excluding ortho intramolecular Hbond substituents is 1. The summed E-state index contributed by atoms with van der Waals surface area (Å²) in [6.45, 7) is 2.94. The van der Waals surface area contributed by atoms with Crippen LogP contribution in [0.3, 0.4) is 0 Å². The van der Waals surface area contributed by atoms with Gasteiger partial charge in [0.25, 0.3) is 5.79 Å². The number of carbonyl (C=O) groups excluding carboxylic acids is 3. The van der Waals surface area contributed by atoms with Gasteiger partial charge in [-0.1, -0.05) is 6.07 Å². The second kappa shape index (κ2) is 6.90. The van der Waals surface area contributed by atoms with Crippen molar-refractivity contribution in [1.82, 2.24) is 0 Å². The van der Waals surface area contributed by atoms with Gasteiger partial charge in [0.15, 0.2) is 16.9 Å². The summed E-state index contributed by atoms with van der Waals surface area (Å²) in [6, 6.07) is 7.77. The number of carbonyl (C=O) groups is 3. The molecule has 1 spiro atoms. The van der Waals surface area contributed by atoms with Crippen LogP contribution in [0.15, 0.2) is 41.0 Å². The van der Waals surface area contributed by atoms with Gasteiger partial charge in [0.05, 0.1) is 19.3 Å². The average molecular weight is 414 g/mol. The average Bonchev–Trinajstić information content (AvgIpc) is 3.20. The number of Topliss-reactive ketones (excluding diaryl/α,β-unsaturated/α-hetero) is 1. The van der Waals surface area contributed by atoms with E-state index in [-0.39, 0.29) is 30.1 Å². The van der Waals surface area contributed by atoms with Crippen molar-refractivity contribution < 1.29 is 38.1 Å². The van der Waals surface area contributed by atoms with Crippen LogP contribution in [0.1, 0.15) is 49.8 Å². The molecule has 30 heavy (non-hydrogen) atoms. The summed E-state index contributed by atoms with van der Waals surface area (Å²) in [5.74, 6) is -4.58. The molecule has 2 fully saturated rings. The molecule has 1 aromatic carbocycles. The van der Waals surface area contributed by atoms with Gasteiger partial charge in [-0.05, 0) is 29.8 Å². The highest BCUT2D eigenvalue weighted by atomic mass is 16.7. The molecule has 2 atom stereocenters. The number of hydrogen-bond acceptors (Lipinski definition) is 8. The number of rotatable bonds is 3. The fraction of sp³-hybridized carbons (Fsp3) is 0.409. The number of ether oxygens (including phenoxy) is 3. The predicted molar refractivity (Wildman–Crippen MR) is 102 cm³/mol. The van der Waals surface area contributed by atoms with E-state index in [2.05, 4.69) is 0 Å². The molecule has 0 radical (unpaired) electrons. The maximum absolute atomic E-state index is 13.4. The molecule has 1 aliphatic carbocycles. The summed E-state index contributed by atoms with van der Waals surface area (Å²) in [6.07, 6.45) is 1.25. The van der Waals surface area contributed by atoms with Crippen molar-refractivity contribution in [3.8, 4) is 11.5 Å². The molecule has 8 heteroatoms. The van der Waals surface area contributed by atoms with Crippen LogP contribution in [0.25, 0.3) is 0 Å². The van der Waals surface area contributed by atoms with Gasteiger partial charge >= 0.3 is 11.9 Å². The molecule has 0 unspecified atom stereocenters. The fourth-order valence-corrected chi connectivity index (χ4v) is 4.51. The summed E-state index contributed by atoms with van der Waals surface area (Å²) in [7, 11) is 1.41. The van der Waals surface area contributed by atoms with Crippen LogP contribution in [-0.2, 0) is 23.9 Å². The second-order valence-corrected chi connectivity index (χ2v) is 8.05. The molecule has 1 aromatic heterocycles. The predicted octanol–water partition coefficient (Wildman–Crippen LogP) is 3.05. The number of phenols is 1. The number of esters is 2. The lowest BCUT2D eigenvalue weighted by Gasteiger charge is -2.49. The lowest BCUT2D eigenvalue weighted by Crippen LogP contribution is -2.61. The summed E-state index contributed by atoms with van der Waals surface area (Å²) in [5, 5.41) is 10.3. The summed E-state index contributed by atoms with van der Waals surface area (Å²) < 4.78 is 21.6. The maximum atomic E-state index is 13.4. The van der Waals surface area contributed by atoms with E-state index in [1.807, 2.05) is 0 Å². The topological polar surface area (TPSA) is 112 Å². The Hall–Kier alpha value is -3.29. The molecule has 0 bridgehead atoms. The molecule has 2 aromatic rings. The lowest BCUT2D eigenvalue weighted by atomic mass is 9.56. The summed E-state index contributed by atoms with van der Waals surface area (Å²) >= 11 is 0. The van der Waals surface area contributed by atoms with E-state index in [4.69, 9.17) is 18.6 Å². The summed E-state index contributed by atoms with van der Waals surface area (Å²) in [5.41, 5.74) is -1.41. The van der Waals surface area contributed by atoms with Crippen LogP contribution in [0.2, 0.25) is 0 Å². The minimum atomic E-state index is -1.83. The Morgan fingerprint density at radius 2 is 1.70 bits per heavy atom. The Bertz CT molecular complexity index is 984. The first-order chi connectivity index (χ1) is 14.2. The van der Waals surface area contributed by atoms with Crippen molar-refractivity contribution in [2.45, 2.75) is 44.3 Å². The molecular weight excluding hydrogens is 392 g/mol. The minimum Gasteiger partial charge on any atom is -0.504 e. The minimum absolute atomic E-state index is 0.0726. The molecule has 1 N–H and O–H groups in total. The monoisotopic (exact) mass is 414 g/mol. The van der Waals surface area contributed by atoms with E-state index in [1.165, 1.54) is 39.4 Å². The number of benzene rings is 1. The Kier molecular flexibility index (Phi) is 4.60. The normalized spacial score (nSPS) is 25.0. The van der Waals surface area contributed by atoms with Gasteiger partial charge in [-0.3, -0.25) is 14.4 Å². The highest BCUT2D eigenvalue weighted by Gasteiger charge is 2.68. The largest absolute Gasteiger partial charge is 0.504 e. The lowest BCUT2D eigenvalue weighted by molar-refractivity contribution is -0.256. The van der Waals surface area contributed by atoms with Crippen molar-refractivity contribution in [1.29, 1.82) is 0 Å². The number of furan rings is 1. The SMILES string of the molecule is COc1ccc([C@@H]2CC(=O)C[C@H](c3ccco3)C23C(=O)OC(C)(C)OC3=O)cc1O. The first-order valence-electron chi connectivity index (χ1n) is 9.58. The molecule has 1 aliphatic heterocycles. The van der Waals surface area contributed by atoms with Gasteiger partial charge in [-0.2, -0.15) is 0 Å². The first kappa shape index (κ1) is 20.0. The molecule has 2 heterocycles. The molecule has 2 aliphatic rings. The Labute approximate surface area is 172 Å². The smallest absolute Gasteiger partial charge is 0.328 e. The van der Waals surface area contributed by atoms with Crippen LogP contribution < -0.4 is 4.74 Å². The van der Waals surface area contributed by atoms with E-state index in [0.29, 0.717) is 11.3 Å². The van der Waals surface area contributed by atoms with Crippen molar-refractivity contribution >= 4 is 17.7 Å². The highest BCUT2D eigenvalue weighted by molar-refractivity contribution is 6.06. The van der Waals surface area contributed by atoms with Gasteiger partial charge in [-0.15, -0.1) is 0 Å². The van der Waals surface area contributed by atoms with Crippen molar-refractivity contribution in [3.63, 3.8) is 0 Å². The first-order valence-corrected chi connectivity index (χ1v) is 9.58. The number of ketones is 1. The quantitative estimate of drug-likeness (QED) is 0.602. The highest BCUT2D eigenvalue weighted by Crippen LogP contribution is 2.58.